The molecule has 6 aliphatic rings. The van der Waals surface area contributed by atoms with Gasteiger partial charge in [-0.1, -0.05) is 29.8 Å². The molecule has 8 rings (SSSR count). The quantitative estimate of drug-likeness (QED) is 0.288. The first kappa shape index (κ1) is 21.5. The van der Waals surface area contributed by atoms with Gasteiger partial charge < -0.3 is 9.64 Å². The van der Waals surface area contributed by atoms with E-state index in [1.165, 1.54) is 4.90 Å². The summed E-state index contributed by atoms with van der Waals surface area (Å²) in [5.41, 5.74) is 2.38. The molecule has 7 nitrogen and oxygen atoms in total. The fourth-order valence-electron chi connectivity index (χ4n) is 6.91. The van der Waals surface area contributed by atoms with Crippen LogP contribution in [0.5, 0.6) is 5.75 Å². The molecule has 0 aromatic heterocycles. The topological polar surface area (TPSA) is 84.0 Å². The minimum Gasteiger partial charge on any atom is -0.426 e. The number of carbonyl (C=O) groups excluding carboxylic acids is 4. The zero-order valence-corrected chi connectivity index (χ0v) is 19.9. The van der Waals surface area contributed by atoms with Crippen LogP contribution in [0.1, 0.15) is 18.4 Å². The van der Waals surface area contributed by atoms with Crippen LogP contribution in [0.3, 0.4) is 0 Å². The summed E-state index contributed by atoms with van der Waals surface area (Å²) in [5, 5.41) is 0. The molecule has 36 heavy (non-hydrogen) atoms. The van der Waals surface area contributed by atoms with Gasteiger partial charge in [-0.3, -0.25) is 24.1 Å². The molecule has 2 heterocycles. The molecule has 2 bridgehead atoms. The Morgan fingerprint density at radius 1 is 0.833 bits per heavy atom. The number of allylic oxidation sites excluding steroid dienone is 2. The van der Waals surface area contributed by atoms with Crippen molar-refractivity contribution in [3.05, 3.63) is 66.2 Å². The largest absolute Gasteiger partial charge is 0.426 e. The zero-order valence-electron chi connectivity index (χ0n) is 19.9. The first-order chi connectivity index (χ1) is 17.4. The number of ether oxygens (including phenoxy) is 1. The second kappa shape index (κ2) is 7.63. The molecule has 2 aliphatic heterocycles. The maximum atomic E-state index is 13.3. The molecule has 2 saturated heterocycles. The maximum Gasteiger partial charge on any atom is 0.316 e. The molecule has 3 amide bonds. The molecule has 7 atom stereocenters. The number of anilines is 2. The first-order valence-corrected chi connectivity index (χ1v) is 12.7. The molecule has 0 unspecified atom stereocenters. The van der Waals surface area contributed by atoms with E-state index in [1.807, 2.05) is 31.2 Å². The predicted molar refractivity (Wildman–Crippen MR) is 131 cm³/mol. The highest BCUT2D eigenvalue weighted by Crippen LogP contribution is 2.65. The summed E-state index contributed by atoms with van der Waals surface area (Å²) in [4.78, 5) is 54.8. The molecule has 0 spiro atoms. The van der Waals surface area contributed by atoms with E-state index in [9.17, 15) is 19.2 Å². The van der Waals surface area contributed by atoms with Gasteiger partial charge in [-0.25, -0.2) is 0 Å². The Hall–Kier alpha value is -3.74. The molecule has 2 aromatic carbocycles. The second-order valence-electron chi connectivity index (χ2n) is 10.8. The summed E-state index contributed by atoms with van der Waals surface area (Å²) >= 11 is 0. The van der Waals surface area contributed by atoms with E-state index >= 15 is 0 Å². The van der Waals surface area contributed by atoms with Crippen LogP contribution in [0.15, 0.2) is 60.7 Å². The lowest BCUT2D eigenvalue weighted by molar-refractivity contribution is -0.139. The number of benzene rings is 2. The minimum atomic E-state index is -0.558. The summed E-state index contributed by atoms with van der Waals surface area (Å²) in [6, 6.07) is 14.1. The lowest BCUT2D eigenvalue weighted by atomic mass is 9.63. The number of nitrogens with zero attached hydrogens (tertiary/aromatic N) is 2. The highest BCUT2D eigenvalue weighted by molar-refractivity contribution is 6.22. The van der Waals surface area contributed by atoms with E-state index in [0.29, 0.717) is 23.3 Å². The van der Waals surface area contributed by atoms with Gasteiger partial charge in [0.2, 0.25) is 17.7 Å². The molecule has 4 aliphatic carbocycles. The van der Waals surface area contributed by atoms with Crippen molar-refractivity contribution in [3.8, 4) is 5.75 Å². The van der Waals surface area contributed by atoms with Crippen molar-refractivity contribution in [3.63, 3.8) is 0 Å². The summed E-state index contributed by atoms with van der Waals surface area (Å²) in [5.74, 6) is -0.0387. The number of hydrogen-bond donors (Lipinski definition) is 0. The van der Waals surface area contributed by atoms with E-state index in [2.05, 4.69) is 12.2 Å². The highest BCUT2D eigenvalue weighted by atomic mass is 16.5. The summed E-state index contributed by atoms with van der Waals surface area (Å²) in [6.45, 7) is 2.25. The van der Waals surface area contributed by atoms with Crippen LogP contribution in [0.4, 0.5) is 11.4 Å². The Bertz CT molecular complexity index is 1290. The Morgan fingerprint density at radius 3 is 2.03 bits per heavy atom. The van der Waals surface area contributed by atoms with Crippen molar-refractivity contribution in [2.45, 2.75) is 19.8 Å². The second-order valence-corrected chi connectivity index (χ2v) is 10.8. The summed E-state index contributed by atoms with van der Waals surface area (Å²) in [7, 11) is 0. The molecule has 2 aromatic rings. The number of carbonyl (C=O) groups is 4. The SMILES string of the molecule is Cc1ccc(N2C[C@H](C(=O)Oc3ccc(N4C(=O)[C@@H]5[C@H]6C=C[C@@H]([C@@H]7C[C@H]67)[C@H]5C4=O)cc3)CC2=O)cc1. The van der Waals surface area contributed by atoms with E-state index in [-0.39, 0.29) is 54.4 Å². The molecular weight excluding hydrogens is 456 g/mol. The van der Waals surface area contributed by atoms with Crippen LogP contribution in [0.25, 0.3) is 0 Å². The van der Waals surface area contributed by atoms with Crippen LogP contribution in [-0.4, -0.2) is 30.2 Å². The monoisotopic (exact) mass is 482 g/mol. The van der Waals surface area contributed by atoms with Crippen molar-refractivity contribution in [2.75, 3.05) is 16.3 Å². The third-order valence-electron chi connectivity index (χ3n) is 8.78. The number of imide groups is 1. The molecule has 182 valence electrons. The van der Waals surface area contributed by atoms with Gasteiger partial charge in [0.15, 0.2) is 0 Å². The summed E-state index contributed by atoms with van der Waals surface area (Å²) < 4.78 is 5.56. The Morgan fingerprint density at radius 2 is 1.42 bits per heavy atom. The van der Waals surface area contributed by atoms with Gasteiger partial charge in [-0.05, 0) is 73.4 Å². The smallest absolute Gasteiger partial charge is 0.316 e. The van der Waals surface area contributed by atoms with Crippen molar-refractivity contribution in [1.82, 2.24) is 0 Å². The van der Waals surface area contributed by atoms with Crippen LogP contribution in [-0.2, 0) is 19.2 Å². The van der Waals surface area contributed by atoms with Gasteiger partial charge in [0.25, 0.3) is 0 Å². The lowest BCUT2D eigenvalue weighted by Crippen LogP contribution is -2.40. The average Bonchev–Trinajstić information content (AvgIpc) is 3.56. The van der Waals surface area contributed by atoms with Gasteiger partial charge >= 0.3 is 5.97 Å². The fraction of sp³-hybridized carbons (Fsp3) is 0.379. The van der Waals surface area contributed by atoms with E-state index < -0.39 is 11.9 Å². The third-order valence-corrected chi connectivity index (χ3v) is 8.78. The van der Waals surface area contributed by atoms with Crippen LogP contribution >= 0.6 is 0 Å². The maximum absolute atomic E-state index is 13.3. The molecule has 0 N–H and O–H groups in total. The van der Waals surface area contributed by atoms with Gasteiger partial charge in [-0.2, -0.15) is 0 Å². The van der Waals surface area contributed by atoms with Crippen LogP contribution in [0.2, 0.25) is 0 Å². The van der Waals surface area contributed by atoms with Crippen LogP contribution < -0.4 is 14.5 Å². The zero-order chi connectivity index (χ0) is 24.7. The minimum absolute atomic E-state index is 0.0999. The average molecular weight is 483 g/mol. The normalized spacial score (nSPS) is 33.7. The fourth-order valence-corrected chi connectivity index (χ4v) is 6.91. The van der Waals surface area contributed by atoms with E-state index in [1.54, 1.807) is 29.2 Å². The van der Waals surface area contributed by atoms with Crippen molar-refractivity contribution in [1.29, 1.82) is 0 Å². The van der Waals surface area contributed by atoms with Gasteiger partial charge in [0, 0.05) is 18.7 Å². The van der Waals surface area contributed by atoms with Gasteiger partial charge in [0.1, 0.15) is 5.75 Å². The van der Waals surface area contributed by atoms with Crippen LogP contribution in [0, 0.1) is 48.3 Å². The molecule has 7 heteroatoms. The predicted octanol–water partition coefficient (Wildman–Crippen LogP) is 3.51. The van der Waals surface area contributed by atoms with Crippen molar-refractivity contribution >= 4 is 35.1 Å². The van der Waals surface area contributed by atoms with Gasteiger partial charge in [0.05, 0.1) is 23.4 Å². The Balaban J connectivity index is 1.03. The Labute approximate surface area is 208 Å². The number of amides is 3. The molecular formula is C29H26N2O5. The third kappa shape index (κ3) is 3.11. The molecule has 0 radical (unpaired) electrons. The molecule has 2 saturated carbocycles. The standard InChI is InChI=1S/C29H26N2O5/c1-15-2-4-17(5-3-15)30-14-16(12-24(30)32)29(35)36-19-8-6-18(7-9-19)31-27(33)25-20-10-11-21(23-13-22(20)23)26(25)28(31)34/h2-11,16,20-23,25-26H,12-14H2,1H3/t16-,20+,21+,22-,23+,25-,26-/m1/s1. The van der Waals surface area contributed by atoms with Gasteiger partial charge in [-0.15, -0.1) is 0 Å². The molecule has 4 fully saturated rings. The summed E-state index contributed by atoms with van der Waals surface area (Å²) in [6.07, 6.45) is 5.55. The first-order valence-electron chi connectivity index (χ1n) is 12.7. The number of hydrogen-bond acceptors (Lipinski definition) is 5. The lowest BCUT2D eigenvalue weighted by Gasteiger charge is -2.37. The number of aryl methyl sites for hydroxylation is 1. The highest BCUT2D eigenvalue weighted by Gasteiger charge is 2.67. The number of esters is 1. The van der Waals surface area contributed by atoms with Crippen molar-refractivity contribution < 1.29 is 23.9 Å². The van der Waals surface area contributed by atoms with Crippen molar-refractivity contribution in [2.24, 2.45) is 41.4 Å². The number of rotatable bonds is 4. The van der Waals surface area contributed by atoms with E-state index in [0.717, 1.165) is 17.7 Å². The Kier molecular flexibility index (Phi) is 4.56. The van der Waals surface area contributed by atoms with E-state index in [4.69, 9.17) is 4.74 Å².